The third-order valence-electron chi connectivity index (χ3n) is 4.46. The van der Waals surface area contributed by atoms with Gasteiger partial charge in [-0.25, -0.2) is 0 Å². The Morgan fingerprint density at radius 2 is 2.00 bits per heavy atom. The molecule has 116 valence electrons. The molecule has 2 fully saturated rings. The third-order valence-corrected chi connectivity index (χ3v) is 4.46. The lowest BCUT2D eigenvalue weighted by Crippen LogP contribution is -2.48. The van der Waals surface area contributed by atoms with Crippen LogP contribution in [0, 0.1) is 23.7 Å². The van der Waals surface area contributed by atoms with Crippen LogP contribution in [0.4, 0.5) is 5.69 Å². The molecule has 22 heavy (non-hydrogen) atoms. The summed E-state index contributed by atoms with van der Waals surface area (Å²) in [5.41, 5.74) is 0.588. The maximum Gasteiger partial charge on any atom is 0.310 e. The first-order valence-electron chi connectivity index (χ1n) is 7.28. The minimum atomic E-state index is -0.883. The number of amides is 1. The van der Waals surface area contributed by atoms with Crippen molar-refractivity contribution in [2.75, 3.05) is 18.5 Å². The average Bonchev–Trinajstić information content (AvgIpc) is 2.87. The molecule has 1 aliphatic heterocycles. The van der Waals surface area contributed by atoms with E-state index in [1.807, 2.05) is 6.07 Å². The minimum absolute atomic E-state index is 0.169. The van der Waals surface area contributed by atoms with Gasteiger partial charge in [0.1, 0.15) is 5.78 Å². The molecule has 1 aliphatic carbocycles. The summed E-state index contributed by atoms with van der Waals surface area (Å²) in [7, 11) is 0. The van der Waals surface area contributed by atoms with Gasteiger partial charge in [0.15, 0.2) is 0 Å². The zero-order valence-corrected chi connectivity index (χ0v) is 11.9. The summed E-state index contributed by atoms with van der Waals surface area (Å²) in [6.45, 7) is -0.273. The van der Waals surface area contributed by atoms with Crippen molar-refractivity contribution in [1.29, 1.82) is 0 Å². The summed E-state index contributed by atoms with van der Waals surface area (Å²) < 4.78 is 5.02. The van der Waals surface area contributed by atoms with Crippen molar-refractivity contribution in [3.63, 3.8) is 0 Å². The molecule has 3 rings (SSSR count). The number of para-hydroxylation sites is 1. The first-order chi connectivity index (χ1) is 10.6. The number of aliphatic hydroxyl groups is 1. The second-order valence-corrected chi connectivity index (χ2v) is 5.76. The van der Waals surface area contributed by atoms with Crippen LogP contribution in [0.1, 0.15) is 6.42 Å². The Morgan fingerprint density at radius 1 is 1.27 bits per heavy atom. The Hall–Kier alpha value is -2.21. The molecule has 0 bridgehead atoms. The molecule has 6 heteroatoms. The normalized spacial score (nSPS) is 30.6. The van der Waals surface area contributed by atoms with Gasteiger partial charge >= 0.3 is 5.97 Å². The lowest BCUT2D eigenvalue weighted by Gasteiger charge is -2.34. The predicted octanol–water partition coefficient (Wildman–Crippen LogP) is 0.612. The number of benzene rings is 1. The number of anilines is 1. The molecule has 1 aromatic carbocycles. The summed E-state index contributed by atoms with van der Waals surface area (Å²) in [6, 6.07) is 8.82. The van der Waals surface area contributed by atoms with Gasteiger partial charge in [-0.05, 0) is 12.1 Å². The molecule has 0 spiro atoms. The number of fused-ring (bicyclic) bond motifs is 1. The summed E-state index contributed by atoms with van der Waals surface area (Å²) >= 11 is 0. The van der Waals surface area contributed by atoms with Gasteiger partial charge in [-0.3, -0.25) is 14.4 Å². The molecule has 1 heterocycles. The fraction of sp³-hybridized carbons (Fsp3) is 0.438. The molecule has 6 nitrogen and oxygen atoms in total. The monoisotopic (exact) mass is 303 g/mol. The zero-order chi connectivity index (χ0) is 15.7. The van der Waals surface area contributed by atoms with Crippen molar-refractivity contribution in [2.45, 2.75) is 6.42 Å². The Balaban J connectivity index is 1.87. The van der Waals surface area contributed by atoms with E-state index in [2.05, 4.69) is 5.32 Å². The number of carbonyl (C=O) groups excluding carboxylic acids is 3. The van der Waals surface area contributed by atoms with E-state index in [4.69, 9.17) is 4.74 Å². The van der Waals surface area contributed by atoms with Crippen molar-refractivity contribution in [3.8, 4) is 0 Å². The summed E-state index contributed by atoms with van der Waals surface area (Å²) in [5.74, 6) is -3.72. The van der Waals surface area contributed by atoms with Crippen LogP contribution in [0.3, 0.4) is 0 Å². The zero-order valence-electron chi connectivity index (χ0n) is 11.9. The number of hydrogen-bond donors (Lipinski definition) is 2. The first kappa shape index (κ1) is 14.7. The lowest BCUT2D eigenvalue weighted by molar-refractivity contribution is -0.149. The van der Waals surface area contributed by atoms with Crippen molar-refractivity contribution >= 4 is 23.3 Å². The van der Waals surface area contributed by atoms with Gasteiger partial charge in [0.2, 0.25) is 5.91 Å². The number of esters is 1. The number of ketones is 1. The van der Waals surface area contributed by atoms with Gasteiger partial charge in [0.25, 0.3) is 0 Å². The van der Waals surface area contributed by atoms with Gasteiger partial charge in [0, 0.05) is 18.0 Å². The second-order valence-electron chi connectivity index (χ2n) is 5.76. The molecular weight excluding hydrogens is 286 g/mol. The van der Waals surface area contributed by atoms with E-state index < -0.39 is 36.2 Å². The summed E-state index contributed by atoms with van der Waals surface area (Å²) in [5, 5.41) is 12.2. The number of cyclic esters (lactones) is 1. The largest absolute Gasteiger partial charge is 0.465 e. The lowest BCUT2D eigenvalue weighted by atomic mass is 9.66. The highest BCUT2D eigenvalue weighted by atomic mass is 16.5. The average molecular weight is 303 g/mol. The van der Waals surface area contributed by atoms with Crippen molar-refractivity contribution in [1.82, 2.24) is 0 Å². The molecule has 1 amide bonds. The maximum absolute atomic E-state index is 12.6. The van der Waals surface area contributed by atoms with E-state index in [0.717, 1.165) is 0 Å². The Bertz CT molecular complexity index is 600. The predicted molar refractivity (Wildman–Crippen MR) is 76.7 cm³/mol. The van der Waals surface area contributed by atoms with Crippen molar-refractivity contribution < 1.29 is 24.2 Å². The van der Waals surface area contributed by atoms with E-state index >= 15 is 0 Å². The molecule has 0 aromatic heterocycles. The van der Waals surface area contributed by atoms with E-state index in [1.54, 1.807) is 24.3 Å². The maximum atomic E-state index is 12.6. The minimum Gasteiger partial charge on any atom is -0.465 e. The number of ether oxygens (including phenoxy) is 1. The van der Waals surface area contributed by atoms with E-state index in [0.29, 0.717) is 5.69 Å². The highest BCUT2D eigenvalue weighted by Gasteiger charge is 2.54. The van der Waals surface area contributed by atoms with Crippen LogP contribution in [0.15, 0.2) is 30.3 Å². The third kappa shape index (κ3) is 2.50. The number of aliphatic hydroxyl groups excluding tert-OH is 1. The van der Waals surface area contributed by atoms with Gasteiger partial charge in [-0.2, -0.15) is 0 Å². The molecule has 2 N–H and O–H groups in total. The molecule has 1 saturated carbocycles. The van der Waals surface area contributed by atoms with Crippen molar-refractivity contribution in [3.05, 3.63) is 30.3 Å². The number of carbonyl (C=O) groups is 3. The first-order valence-corrected chi connectivity index (χ1v) is 7.28. The Kier molecular flexibility index (Phi) is 3.94. The van der Waals surface area contributed by atoms with Gasteiger partial charge in [-0.15, -0.1) is 0 Å². The molecule has 1 aromatic rings. The molecule has 4 atom stereocenters. The van der Waals surface area contributed by atoms with Crippen LogP contribution < -0.4 is 5.32 Å². The van der Waals surface area contributed by atoms with Crippen LogP contribution >= 0.6 is 0 Å². The van der Waals surface area contributed by atoms with Crippen LogP contribution in [0.25, 0.3) is 0 Å². The van der Waals surface area contributed by atoms with Gasteiger partial charge < -0.3 is 15.2 Å². The standard InChI is InChI=1S/C16H17NO5/c18-7-11-12(19)6-9-8-22-16(21)13(9)14(11)15(20)17-10-4-2-1-3-5-10/h1-5,9,11,13-14,18H,6-8H2,(H,17,20)/t9-,11-,13+,14-/m0/s1. The number of rotatable bonds is 3. The highest BCUT2D eigenvalue weighted by molar-refractivity contribution is 6.00. The smallest absolute Gasteiger partial charge is 0.310 e. The summed E-state index contributed by atoms with van der Waals surface area (Å²) in [4.78, 5) is 36.7. The van der Waals surface area contributed by atoms with Crippen molar-refractivity contribution in [2.24, 2.45) is 23.7 Å². The molecule has 1 saturated heterocycles. The molecular formula is C16H17NO5. The fourth-order valence-corrected chi connectivity index (χ4v) is 3.38. The SMILES string of the molecule is O=C1OC[C@@H]2CC(=O)[C@H](CO)[C@H](C(=O)Nc3ccccc3)[C@H]12. The Morgan fingerprint density at radius 3 is 2.68 bits per heavy atom. The highest BCUT2D eigenvalue weighted by Crippen LogP contribution is 2.41. The number of Topliss-reactive ketones (excluding diaryl/α,β-unsaturated/α-hetero) is 1. The van der Waals surface area contributed by atoms with Crippen LogP contribution in [-0.4, -0.2) is 36.0 Å². The molecule has 2 aliphatic rings. The van der Waals surface area contributed by atoms with Crippen LogP contribution in [0.2, 0.25) is 0 Å². The molecule has 0 unspecified atom stereocenters. The van der Waals surface area contributed by atoms with E-state index in [9.17, 15) is 19.5 Å². The van der Waals surface area contributed by atoms with Crippen LogP contribution in [-0.2, 0) is 19.1 Å². The second kappa shape index (κ2) is 5.88. The van der Waals surface area contributed by atoms with Gasteiger partial charge in [0.05, 0.1) is 31.0 Å². The number of nitrogens with one attached hydrogen (secondary N) is 1. The fourth-order valence-electron chi connectivity index (χ4n) is 3.38. The van der Waals surface area contributed by atoms with Gasteiger partial charge in [-0.1, -0.05) is 18.2 Å². The summed E-state index contributed by atoms with van der Waals surface area (Å²) in [6.07, 6.45) is 0.177. The number of hydrogen-bond acceptors (Lipinski definition) is 5. The molecule has 0 radical (unpaired) electrons. The van der Waals surface area contributed by atoms with E-state index in [1.165, 1.54) is 0 Å². The van der Waals surface area contributed by atoms with E-state index in [-0.39, 0.29) is 24.7 Å². The topological polar surface area (TPSA) is 92.7 Å². The van der Waals surface area contributed by atoms with Crippen LogP contribution in [0.5, 0.6) is 0 Å². The quantitative estimate of drug-likeness (QED) is 0.798. The Labute approximate surface area is 127 Å².